The van der Waals surface area contributed by atoms with E-state index in [1.54, 1.807) is 5.38 Å². The lowest BCUT2D eigenvalue weighted by Gasteiger charge is -2.15. The summed E-state index contributed by atoms with van der Waals surface area (Å²) < 4.78 is 21.7. The number of aromatic nitrogens is 4. The van der Waals surface area contributed by atoms with E-state index in [1.807, 2.05) is 0 Å². The van der Waals surface area contributed by atoms with Gasteiger partial charge in [-0.2, -0.15) is 4.98 Å². The first-order chi connectivity index (χ1) is 13.8. The van der Waals surface area contributed by atoms with Crippen LogP contribution < -0.4 is 11.4 Å². The maximum absolute atomic E-state index is 14.2. The minimum Gasteiger partial charge on any atom is -0.477 e. The zero-order chi connectivity index (χ0) is 20.9. The Balaban J connectivity index is 1.83. The van der Waals surface area contributed by atoms with Crippen LogP contribution in [0.3, 0.4) is 0 Å². The van der Waals surface area contributed by atoms with Crippen LogP contribution in [-0.2, 0) is 11.3 Å². The molecule has 1 aliphatic rings. The van der Waals surface area contributed by atoms with Crippen molar-refractivity contribution in [3.63, 3.8) is 0 Å². The molecule has 29 heavy (non-hydrogen) atoms. The number of nitrogen functional groups attached to an aromatic ring is 1. The number of aliphatic hydroxyl groups excluding tert-OH is 2. The van der Waals surface area contributed by atoms with Crippen LogP contribution in [0.1, 0.15) is 21.5 Å². The van der Waals surface area contributed by atoms with E-state index < -0.39 is 42.9 Å². The van der Waals surface area contributed by atoms with Gasteiger partial charge in [0.15, 0.2) is 18.0 Å². The van der Waals surface area contributed by atoms with Gasteiger partial charge in [-0.3, -0.25) is 4.57 Å². The number of carboxylic acids is 1. The molecule has 0 amide bonds. The number of carboxylic acid groups (broad SMARTS) is 1. The molecule has 0 bridgehead atoms. The number of thiophene rings is 1. The van der Waals surface area contributed by atoms with Gasteiger partial charge in [-0.05, 0) is 17.0 Å². The van der Waals surface area contributed by atoms with Crippen molar-refractivity contribution in [3.8, 4) is 0 Å². The highest BCUT2D eigenvalue weighted by Crippen LogP contribution is 2.32. The number of anilines is 1. The number of aliphatic hydroxyl groups is 2. The van der Waals surface area contributed by atoms with Crippen LogP contribution in [0.2, 0.25) is 0 Å². The van der Waals surface area contributed by atoms with Crippen molar-refractivity contribution in [3.05, 3.63) is 38.6 Å². The van der Waals surface area contributed by atoms with Gasteiger partial charge in [0, 0.05) is 0 Å². The van der Waals surface area contributed by atoms with Gasteiger partial charge >= 0.3 is 11.7 Å². The van der Waals surface area contributed by atoms with E-state index >= 15 is 0 Å². The molecule has 154 valence electrons. The standard InChI is InChI=1S/C16H16FN5O6S/c17-10-8(4-23)28-13(11(10)24)22-12-7(2-19-15(18)20-12)21(16(22)27)3-6-1-9(14(25)26)29-5-6/h1-2,5,8,10-11,13,23-24H,3-4H2,(H,25,26)(H2,18,19,20)/t8-,10-,11-,13-/m1/s1. The van der Waals surface area contributed by atoms with Crippen molar-refractivity contribution < 1.29 is 29.2 Å². The molecule has 0 spiro atoms. The minimum atomic E-state index is -1.90. The Bertz CT molecular complexity index is 1140. The average Bonchev–Trinajstić information content (AvgIpc) is 3.33. The first-order valence-corrected chi connectivity index (χ1v) is 9.32. The molecule has 3 aromatic heterocycles. The smallest absolute Gasteiger partial charge is 0.345 e. The zero-order valence-electron chi connectivity index (χ0n) is 14.7. The molecule has 11 nitrogen and oxygen atoms in total. The van der Waals surface area contributed by atoms with E-state index in [4.69, 9.17) is 15.6 Å². The summed E-state index contributed by atoms with van der Waals surface area (Å²) in [4.78, 5) is 32.2. The van der Waals surface area contributed by atoms with E-state index in [0.29, 0.717) is 5.56 Å². The fourth-order valence-electron chi connectivity index (χ4n) is 3.28. The quantitative estimate of drug-likeness (QED) is 0.424. The Labute approximate surface area is 165 Å². The molecule has 0 unspecified atom stereocenters. The van der Waals surface area contributed by atoms with Crippen molar-refractivity contribution in [1.29, 1.82) is 0 Å². The molecule has 0 aliphatic carbocycles. The molecule has 3 aromatic rings. The number of imidazole rings is 1. The summed E-state index contributed by atoms with van der Waals surface area (Å²) in [5.41, 5.74) is 5.76. The van der Waals surface area contributed by atoms with Crippen molar-refractivity contribution in [2.45, 2.75) is 31.2 Å². The molecule has 1 fully saturated rings. The predicted octanol–water partition coefficient (Wildman–Crippen LogP) is -0.428. The lowest BCUT2D eigenvalue weighted by Crippen LogP contribution is -2.34. The molecule has 0 saturated carbocycles. The Morgan fingerprint density at radius 1 is 1.45 bits per heavy atom. The van der Waals surface area contributed by atoms with E-state index in [1.165, 1.54) is 16.8 Å². The number of carbonyl (C=O) groups is 1. The van der Waals surface area contributed by atoms with Gasteiger partial charge in [0.25, 0.3) is 0 Å². The number of hydrogen-bond acceptors (Lipinski definition) is 9. The number of aromatic carboxylic acids is 1. The largest absolute Gasteiger partial charge is 0.477 e. The number of alkyl halides is 1. The summed E-state index contributed by atoms with van der Waals surface area (Å²) >= 11 is 1.01. The van der Waals surface area contributed by atoms with Crippen LogP contribution in [0.5, 0.6) is 0 Å². The Morgan fingerprint density at radius 3 is 2.83 bits per heavy atom. The van der Waals surface area contributed by atoms with Crippen LogP contribution in [0, 0.1) is 0 Å². The molecule has 0 radical (unpaired) electrons. The average molecular weight is 425 g/mol. The van der Waals surface area contributed by atoms with Gasteiger partial charge < -0.3 is 25.8 Å². The second-order valence-corrected chi connectivity index (χ2v) is 7.39. The molecule has 1 aliphatic heterocycles. The van der Waals surface area contributed by atoms with Crippen LogP contribution in [0.15, 0.2) is 22.4 Å². The fraction of sp³-hybridized carbons (Fsp3) is 0.375. The van der Waals surface area contributed by atoms with Crippen molar-refractivity contribution in [2.24, 2.45) is 0 Å². The summed E-state index contributed by atoms with van der Waals surface area (Å²) in [6.45, 7) is -0.684. The normalized spacial score (nSPS) is 24.4. The second kappa shape index (κ2) is 7.18. The predicted molar refractivity (Wildman–Crippen MR) is 98.5 cm³/mol. The highest BCUT2D eigenvalue weighted by Gasteiger charge is 2.46. The molecule has 4 atom stereocenters. The molecule has 0 aromatic carbocycles. The Kier molecular flexibility index (Phi) is 4.82. The maximum Gasteiger partial charge on any atom is 0.345 e. The van der Waals surface area contributed by atoms with Gasteiger partial charge in [0.05, 0.1) is 19.3 Å². The van der Waals surface area contributed by atoms with Crippen LogP contribution in [0.25, 0.3) is 11.2 Å². The maximum atomic E-state index is 14.2. The van der Waals surface area contributed by atoms with Gasteiger partial charge in [0.1, 0.15) is 22.6 Å². The highest BCUT2D eigenvalue weighted by atomic mass is 32.1. The molecule has 1 saturated heterocycles. The fourth-order valence-corrected chi connectivity index (χ4v) is 4.02. The summed E-state index contributed by atoms with van der Waals surface area (Å²) in [5.74, 6) is -1.23. The van der Waals surface area contributed by atoms with E-state index in [0.717, 1.165) is 15.9 Å². The van der Waals surface area contributed by atoms with Crippen LogP contribution in [0.4, 0.5) is 10.3 Å². The zero-order valence-corrected chi connectivity index (χ0v) is 15.5. The van der Waals surface area contributed by atoms with Gasteiger partial charge in [-0.15, -0.1) is 11.3 Å². The molecule has 4 rings (SSSR count). The highest BCUT2D eigenvalue weighted by molar-refractivity contribution is 7.12. The van der Waals surface area contributed by atoms with Gasteiger partial charge in [-0.1, -0.05) is 0 Å². The van der Waals surface area contributed by atoms with Crippen LogP contribution in [-0.4, -0.2) is 65.4 Å². The summed E-state index contributed by atoms with van der Waals surface area (Å²) in [5, 5.41) is 30.1. The third-order valence-electron chi connectivity index (χ3n) is 4.65. The lowest BCUT2D eigenvalue weighted by molar-refractivity contribution is -0.0513. The molecule has 13 heteroatoms. The molecular weight excluding hydrogens is 409 g/mol. The Hall–Kier alpha value is -2.87. The number of fused-ring (bicyclic) bond motifs is 1. The number of halogens is 1. The summed E-state index contributed by atoms with van der Waals surface area (Å²) in [6.07, 6.45) is -5.03. The molecular formula is C16H16FN5O6S. The SMILES string of the molecule is Nc1ncc2c(n1)n([C@@H]1O[C@H](CO)[C@@H](F)[C@H]1O)c(=O)n2Cc1csc(C(=O)O)c1. The van der Waals surface area contributed by atoms with Crippen molar-refractivity contribution in [1.82, 2.24) is 19.1 Å². The van der Waals surface area contributed by atoms with Crippen molar-refractivity contribution >= 4 is 34.4 Å². The van der Waals surface area contributed by atoms with Crippen LogP contribution >= 0.6 is 11.3 Å². The summed E-state index contributed by atoms with van der Waals surface area (Å²) in [6, 6.07) is 1.43. The number of nitrogens with two attached hydrogens (primary N) is 1. The topological polar surface area (TPSA) is 166 Å². The van der Waals surface area contributed by atoms with Gasteiger partial charge in [-0.25, -0.2) is 23.5 Å². The van der Waals surface area contributed by atoms with E-state index in [9.17, 15) is 24.2 Å². The third kappa shape index (κ3) is 3.17. The lowest BCUT2D eigenvalue weighted by atomic mass is 10.1. The van der Waals surface area contributed by atoms with E-state index in [-0.39, 0.29) is 28.5 Å². The number of rotatable bonds is 5. The van der Waals surface area contributed by atoms with Gasteiger partial charge in [0.2, 0.25) is 5.95 Å². The number of hydrogen-bond donors (Lipinski definition) is 4. The molecule has 4 heterocycles. The first-order valence-electron chi connectivity index (χ1n) is 8.44. The number of ether oxygens (including phenoxy) is 1. The first kappa shape index (κ1) is 19.4. The third-order valence-corrected chi connectivity index (χ3v) is 5.62. The number of nitrogens with zero attached hydrogens (tertiary/aromatic N) is 4. The second-order valence-electron chi connectivity index (χ2n) is 6.48. The van der Waals surface area contributed by atoms with Crippen molar-refractivity contribution in [2.75, 3.05) is 12.3 Å². The van der Waals surface area contributed by atoms with E-state index in [2.05, 4.69) is 9.97 Å². The minimum absolute atomic E-state index is 0.00924. The Morgan fingerprint density at radius 2 is 2.21 bits per heavy atom. The monoisotopic (exact) mass is 425 g/mol. The summed E-state index contributed by atoms with van der Waals surface area (Å²) in [7, 11) is 0. The molecule has 5 N–H and O–H groups in total.